The van der Waals surface area contributed by atoms with Crippen molar-refractivity contribution in [2.45, 2.75) is 56.0 Å². The van der Waals surface area contributed by atoms with Gasteiger partial charge in [-0.05, 0) is 18.8 Å². The van der Waals surface area contributed by atoms with E-state index in [1.54, 1.807) is 0 Å². The number of rotatable bonds is 3. The van der Waals surface area contributed by atoms with Gasteiger partial charge in [-0.15, -0.1) is 11.6 Å². The standard InChI is InChI=1S/C13H18ClN3O/c14-12-5-2-1-4-11(12)13-8-10(9-16)18-17(13)7-3-6-15/h10-13H,1-5,7-8H2/t10-,11?,12?,13-/m1/s1. The van der Waals surface area contributed by atoms with Gasteiger partial charge in [0.1, 0.15) is 0 Å². The number of alkyl halides is 1. The van der Waals surface area contributed by atoms with E-state index in [0.717, 1.165) is 19.3 Å². The van der Waals surface area contributed by atoms with E-state index in [4.69, 9.17) is 27.0 Å². The van der Waals surface area contributed by atoms with Crippen LogP contribution in [0.3, 0.4) is 0 Å². The van der Waals surface area contributed by atoms with Gasteiger partial charge >= 0.3 is 0 Å². The average Bonchev–Trinajstić information content (AvgIpc) is 2.80. The highest BCUT2D eigenvalue weighted by atomic mass is 35.5. The lowest BCUT2D eigenvalue weighted by Crippen LogP contribution is -2.40. The number of nitriles is 2. The van der Waals surface area contributed by atoms with Crippen LogP contribution in [0.4, 0.5) is 0 Å². The summed E-state index contributed by atoms with van der Waals surface area (Å²) in [5, 5.41) is 19.7. The smallest absolute Gasteiger partial charge is 0.167 e. The summed E-state index contributed by atoms with van der Waals surface area (Å²) in [7, 11) is 0. The van der Waals surface area contributed by atoms with Crippen LogP contribution in [-0.2, 0) is 4.84 Å². The molecule has 1 aliphatic carbocycles. The van der Waals surface area contributed by atoms with E-state index in [0.29, 0.717) is 18.9 Å². The fourth-order valence-electron chi connectivity index (χ4n) is 3.01. The maximum absolute atomic E-state index is 8.99. The van der Waals surface area contributed by atoms with Crippen molar-refractivity contribution >= 4 is 11.6 Å². The Morgan fingerprint density at radius 1 is 1.28 bits per heavy atom. The lowest BCUT2D eigenvalue weighted by molar-refractivity contribution is -0.157. The molecular weight excluding hydrogens is 250 g/mol. The SMILES string of the molecule is N#CCCN1O[C@@H](C#N)C[C@@H]1C1CCCCC1Cl. The van der Waals surface area contributed by atoms with Crippen LogP contribution in [0.1, 0.15) is 38.5 Å². The predicted molar refractivity (Wildman–Crippen MR) is 67.4 cm³/mol. The van der Waals surface area contributed by atoms with Gasteiger partial charge in [0.15, 0.2) is 6.10 Å². The van der Waals surface area contributed by atoms with Crippen molar-refractivity contribution in [3.8, 4) is 12.1 Å². The zero-order valence-electron chi connectivity index (χ0n) is 10.4. The zero-order chi connectivity index (χ0) is 13.0. The fourth-order valence-corrected chi connectivity index (χ4v) is 3.46. The Labute approximate surface area is 113 Å². The molecule has 4 nitrogen and oxygen atoms in total. The Morgan fingerprint density at radius 3 is 2.72 bits per heavy atom. The summed E-state index contributed by atoms with van der Waals surface area (Å²) < 4.78 is 0. The summed E-state index contributed by atoms with van der Waals surface area (Å²) in [4.78, 5) is 5.59. The Bertz CT molecular complexity index is 362. The summed E-state index contributed by atoms with van der Waals surface area (Å²) in [6.07, 6.45) is 5.31. The van der Waals surface area contributed by atoms with Gasteiger partial charge in [-0.1, -0.05) is 12.8 Å². The topological polar surface area (TPSA) is 60.1 Å². The van der Waals surface area contributed by atoms with Crippen molar-refractivity contribution in [3.05, 3.63) is 0 Å². The normalized spacial score (nSPS) is 37.1. The monoisotopic (exact) mass is 267 g/mol. The maximum atomic E-state index is 8.99. The van der Waals surface area contributed by atoms with E-state index in [2.05, 4.69) is 12.1 Å². The average molecular weight is 268 g/mol. The third kappa shape index (κ3) is 2.95. The molecule has 98 valence electrons. The second kappa shape index (κ2) is 6.38. The Hall–Kier alpha value is -0.810. The van der Waals surface area contributed by atoms with Crippen LogP contribution >= 0.6 is 11.6 Å². The van der Waals surface area contributed by atoms with Gasteiger partial charge in [-0.2, -0.15) is 15.6 Å². The van der Waals surface area contributed by atoms with E-state index in [9.17, 15) is 0 Å². The third-order valence-corrected chi connectivity index (χ3v) is 4.44. The van der Waals surface area contributed by atoms with Crippen LogP contribution in [0, 0.1) is 28.6 Å². The number of hydrogen-bond donors (Lipinski definition) is 0. The number of halogens is 1. The van der Waals surface area contributed by atoms with Crippen molar-refractivity contribution in [2.24, 2.45) is 5.92 Å². The molecule has 0 aromatic carbocycles. The van der Waals surface area contributed by atoms with Crippen molar-refractivity contribution < 1.29 is 4.84 Å². The molecule has 0 radical (unpaired) electrons. The van der Waals surface area contributed by atoms with Crippen molar-refractivity contribution in [1.29, 1.82) is 10.5 Å². The molecule has 2 fully saturated rings. The quantitative estimate of drug-likeness (QED) is 0.738. The van der Waals surface area contributed by atoms with Crippen LogP contribution < -0.4 is 0 Å². The van der Waals surface area contributed by atoms with Crippen LogP contribution in [0.5, 0.6) is 0 Å². The fraction of sp³-hybridized carbons (Fsp3) is 0.846. The summed E-state index contributed by atoms with van der Waals surface area (Å²) in [5.41, 5.74) is 0. The largest absolute Gasteiger partial charge is 0.280 e. The molecule has 0 aromatic rings. The van der Waals surface area contributed by atoms with Crippen LogP contribution in [0.15, 0.2) is 0 Å². The van der Waals surface area contributed by atoms with Gasteiger partial charge in [0, 0.05) is 24.4 Å². The summed E-state index contributed by atoms with van der Waals surface area (Å²) in [6, 6.07) is 4.49. The number of hydrogen-bond acceptors (Lipinski definition) is 4. The molecule has 2 unspecified atom stereocenters. The minimum Gasteiger partial charge on any atom is -0.280 e. The molecule has 1 heterocycles. The first-order valence-corrected chi connectivity index (χ1v) is 7.04. The molecule has 0 aromatic heterocycles. The first kappa shape index (κ1) is 13.6. The highest BCUT2D eigenvalue weighted by Gasteiger charge is 2.41. The molecule has 0 bridgehead atoms. The lowest BCUT2D eigenvalue weighted by atomic mass is 9.81. The van der Waals surface area contributed by atoms with Crippen molar-refractivity contribution in [2.75, 3.05) is 6.54 Å². The van der Waals surface area contributed by atoms with Gasteiger partial charge in [0.25, 0.3) is 0 Å². The van der Waals surface area contributed by atoms with E-state index in [-0.39, 0.29) is 17.5 Å². The Kier molecular flexibility index (Phi) is 4.83. The minimum atomic E-state index is -0.375. The molecule has 1 saturated heterocycles. The molecule has 1 aliphatic heterocycles. The molecule has 4 atom stereocenters. The van der Waals surface area contributed by atoms with Gasteiger partial charge in [0.05, 0.1) is 18.6 Å². The van der Waals surface area contributed by atoms with Gasteiger partial charge in [0.2, 0.25) is 0 Å². The molecule has 5 heteroatoms. The molecule has 2 rings (SSSR count). The molecule has 0 amide bonds. The molecule has 1 saturated carbocycles. The van der Waals surface area contributed by atoms with E-state index in [1.807, 2.05) is 5.06 Å². The molecule has 0 N–H and O–H groups in total. The Balaban J connectivity index is 2.03. The first-order chi connectivity index (χ1) is 8.76. The number of hydroxylamine groups is 2. The molecule has 18 heavy (non-hydrogen) atoms. The Morgan fingerprint density at radius 2 is 2.06 bits per heavy atom. The highest BCUT2D eigenvalue weighted by molar-refractivity contribution is 6.20. The highest BCUT2D eigenvalue weighted by Crippen LogP contribution is 2.38. The number of nitrogens with zero attached hydrogens (tertiary/aromatic N) is 3. The molecular formula is C13H18ClN3O. The first-order valence-electron chi connectivity index (χ1n) is 6.60. The van der Waals surface area contributed by atoms with E-state index < -0.39 is 0 Å². The van der Waals surface area contributed by atoms with Crippen molar-refractivity contribution in [3.63, 3.8) is 0 Å². The van der Waals surface area contributed by atoms with Gasteiger partial charge in [-0.3, -0.25) is 4.84 Å². The van der Waals surface area contributed by atoms with Gasteiger partial charge in [-0.25, -0.2) is 0 Å². The second-order valence-corrected chi connectivity index (χ2v) is 5.60. The summed E-state index contributed by atoms with van der Waals surface area (Å²) >= 11 is 6.42. The van der Waals surface area contributed by atoms with Crippen LogP contribution in [-0.4, -0.2) is 29.1 Å². The van der Waals surface area contributed by atoms with E-state index in [1.165, 1.54) is 12.8 Å². The summed E-state index contributed by atoms with van der Waals surface area (Å²) in [5.74, 6) is 0.387. The van der Waals surface area contributed by atoms with Crippen LogP contribution in [0.25, 0.3) is 0 Å². The van der Waals surface area contributed by atoms with E-state index >= 15 is 0 Å². The second-order valence-electron chi connectivity index (χ2n) is 5.04. The molecule has 2 aliphatic rings. The zero-order valence-corrected chi connectivity index (χ0v) is 11.1. The predicted octanol–water partition coefficient (Wildman–Crippen LogP) is 2.60. The lowest BCUT2D eigenvalue weighted by Gasteiger charge is -2.35. The minimum absolute atomic E-state index is 0.175. The van der Waals surface area contributed by atoms with Crippen molar-refractivity contribution in [1.82, 2.24) is 5.06 Å². The van der Waals surface area contributed by atoms with Gasteiger partial charge < -0.3 is 0 Å². The third-order valence-electron chi connectivity index (χ3n) is 3.90. The summed E-state index contributed by atoms with van der Waals surface area (Å²) in [6.45, 7) is 0.569. The van der Waals surface area contributed by atoms with Crippen LogP contribution in [0.2, 0.25) is 0 Å². The molecule has 0 spiro atoms. The maximum Gasteiger partial charge on any atom is 0.167 e.